The Labute approximate surface area is 153 Å². The topological polar surface area (TPSA) is 66.9 Å². The molecule has 1 aromatic rings. The van der Waals surface area contributed by atoms with Crippen LogP contribution < -0.4 is 0 Å². The number of carbonyl (C=O) groups is 3. The van der Waals surface area contributed by atoms with Crippen LogP contribution in [-0.4, -0.2) is 46.3 Å². The van der Waals surface area contributed by atoms with Gasteiger partial charge in [-0.25, -0.2) is 4.79 Å². The maximum Gasteiger partial charge on any atom is 0.410 e. The van der Waals surface area contributed by atoms with Crippen molar-refractivity contribution < 1.29 is 19.1 Å². The number of ether oxygens (including phenoxy) is 1. The standard InChI is InChI=1S/C20H24N2O4/c1-2-15-17-16(22(19(15)24)18(23)14-8-9-14)10-11-21(17)20(25)26-12-13-6-4-3-5-7-13/h3-7,14-17H,2,8-12H2,1H3/t15-,16-,17+/m0/s1. The molecule has 138 valence electrons. The Kier molecular flexibility index (Phi) is 4.42. The van der Waals surface area contributed by atoms with Gasteiger partial charge in [-0.05, 0) is 31.2 Å². The molecule has 3 aliphatic rings. The third-order valence-corrected chi connectivity index (χ3v) is 5.76. The monoisotopic (exact) mass is 356 g/mol. The summed E-state index contributed by atoms with van der Waals surface area (Å²) in [5, 5.41) is 0. The lowest BCUT2D eigenvalue weighted by Crippen LogP contribution is -2.43. The number of rotatable bonds is 4. The molecule has 2 heterocycles. The van der Waals surface area contributed by atoms with E-state index in [1.165, 1.54) is 4.90 Å². The van der Waals surface area contributed by atoms with Gasteiger partial charge in [-0.2, -0.15) is 0 Å². The van der Waals surface area contributed by atoms with Crippen molar-refractivity contribution in [3.8, 4) is 0 Å². The van der Waals surface area contributed by atoms with Crippen molar-refractivity contribution in [1.29, 1.82) is 0 Å². The van der Waals surface area contributed by atoms with Gasteiger partial charge in [0.25, 0.3) is 0 Å². The van der Waals surface area contributed by atoms with Crippen molar-refractivity contribution in [3.05, 3.63) is 35.9 Å². The Balaban J connectivity index is 1.47. The fourth-order valence-corrected chi connectivity index (χ4v) is 4.28. The normalized spacial score (nSPS) is 27.6. The maximum absolute atomic E-state index is 12.8. The zero-order chi connectivity index (χ0) is 18.3. The average Bonchev–Trinajstić information content (AvgIpc) is 3.37. The summed E-state index contributed by atoms with van der Waals surface area (Å²) >= 11 is 0. The van der Waals surface area contributed by atoms with Gasteiger partial charge >= 0.3 is 6.09 Å². The van der Waals surface area contributed by atoms with E-state index in [2.05, 4.69) is 0 Å². The number of amides is 3. The average molecular weight is 356 g/mol. The molecule has 2 saturated heterocycles. The van der Waals surface area contributed by atoms with E-state index in [1.807, 2.05) is 37.3 Å². The van der Waals surface area contributed by atoms with E-state index in [0.29, 0.717) is 19.4 Å². The molecule has 2 aliphatic heterocycles. The Hall–Kier alpha value is -2.37. The van der Waals surface area contributed by atoms with E-state index < -0.39 is 6.09 Å². The first-order valence-electron chi connectivity index (χ1n) is 9.46. The van der Waals surface area contributed by atoms with Crippen LogP contribution >= 0.6 is 0 Å². The van der Waals surface area contributed by atoms with Gasteiger partial charge in [0.05, 0.1) is 18.0 Å². The van der Waals surface area contributed by atoms with Gasteiger partial charge in [-0.15, -0.1) is 0 Å². The lowest BCUT2D eigenvalue weighted by Gasteiger charge is -2.26. The number of hydrogen-bond acceptors (Lipinski definition) is 4. The molecule has 1 aliphatic carbocycles. The lowest BCUT2D eigenvalue weighted by molar-refractivity contribution is -0.146. The molecular formula is C20H24N2O4. The van der Waals surface area contributed by atoms with Crippen LogP contribution in [0.2, 0.25) is 0 Å². The molecule has 4 rings (SSSR count). The van der Waals surface area contributed by atoms with Crippen molar-refractivity contribution in [2.24, 2.45) is 11.8 Å². The first-order valence-corrected chi connectivity index (χ1v) is 9.46. The molecule has 3 atom stereocenters. The summed E-state index contributed by atoms with van der Waals surface area (Å²) in [5.74, 6) is -0.454. The van der Waals surface area contributed by atoms with Crippen LogP contribution in [0.15, 0.2) is 30.3 Å². The number of likely N-dealkylation sites (tertiary alicyclic amines) is 2. The first kappa shape index (κ1) is 17.1. The summed E-state index contributed by atoms with van der Waals surface area (Å²) in [7, 11) is 0. The molecule has 0 spiro atoms. The van der Waals surface area contributed by atoms with Crippen LogP contribution in [0, 0.1) is 11.8 Å². The molecule has 1 saturated carbocycles. The SMILES string of the molecule is CC[C@@H]1C(=O)N(C(=O)C2CC2)[C@H]2CCN(C(=O)OCc3ccccc3)[C@H]12. The van der Waals surface area contributed by atoms with E-state index in [1.54, 1.807) is 4.90 Å². The molecule has 6 heteroatoms. The number of imide groups is 1. The summed E-state index contributed by atoms with van der Waals surface area (Å²) in [5.41, 5.74) is 0.927. The van der Waals surface area contributed by atoms with Crippen molar-refractivity contribution >= 4 is 17.9 Å². The highest BCUT2D eigenvalue weighted by Gasteiger charge is 2.57. The van der Waals surface area contributed by atoms with Gasteiger partial charge in [0.2, 0.25) is 11.8 Å². The van der Waals surface area contributed by atoms with Crippen molar-refractivity contribution in [2.45, 2.75) is 51.3 Å². The second-order valence-corrected chi connectivity index (χ2v) is 7.42. The number of benzene rings is 1. The van der Waals surface area contributed by atoms with Crippen molar-refractivity contribution in [3.63, 3.8) is 0 Å². The summed E-state index contributed by atoms with van der Waals surface area (Å²) in [6.07, 6.45) is 2.62. The quantitative estimate of drug-likeness (QED) is 0.778. The summed E-state index contributed by atoms with van der Waals surface area (Å²) in [4.78, 5) is 41.2. The zero-order valence-corrected chi connectivity index (χ0v) is 15.0. The Morgan fingerprint density at radius 2 is 1.88 bits per heavy atom. The third-order valence-electron chi connectivity index (χ3n) is 5.76. The fourth-order valence-electron chi connectivity index (χ4n) is 4.28. The molecule has 3 fully saturated rings. The minimum absolute atomic E-state index is 0.00860. The largest absolute Gasteiger partial charge is 0.445 e. The summed E-state index contributed by atoms with van der Waals surface area (Å²) in [6.45, 7) is 2.68. The van der Waals surface area contributed by atoms with E-state index in [4.69, 9.17) is 4.74 Å². The number of fused-ring (bicyclic) bond motifs is 1. The van der Waals surface area contributed by atoms with Crippen molar-refractivity contribution in [1.82, 2.24) is 9.80 Å². The Morgan fingerprint density at radius 1 is 1.15 bits per heavy atom. The fraction of sp³-hybridized carbons (Fsp3) is 0.550. The summed E-state index contributed by atoms with van der Waals surface area (Å²) in [6, 6.07) is 9.09. The van der Waals surface area contributed by atoms with Gasteiger partial charge in [-0.3, -0.25) is 14.5 Å². The van der Waals surface area contributed by atoms with Gasteiger partial charge < -0.3 is 9.64 Å². The van der Waals surface area contributed by atoms with Crippen molar-refractivity contribution in [2.75, 3.05) is 6.54 Å². The van der Waals surface area contributed by atoms with Crippen LogP contribution in [-0.2, 0) is 20.9 Å². The highest BCUT2D eigenvalue weighted by Crippen LogP contribution is 2.42. The van der Waals surface area contributed by atoms with E-state index in [0.717, 1.165) is 18.4 Å². The number of nitrogens with zero attached hydrogens (tertiary/aromatic N) is 2. The molecule has 6 nitrogen and oxygen atoms in total. The van der Waals surface area contributed by atoms with Gasteiger partial charge in [0.1, 0.15) is 6.61 Å². The maximum atomic E-state index is 12.8. The predicted octanol–water partition coefficient (Wildman–Crippen LogP) is 2.57. The van der Waals surface area contributed by atoms with Crippen LogP contribution in [0.1, 0.15) is 38.2 Å². The molecule has 0 N–H and O–H groups in total. The molecular weight excluding hydrogens is 332 g/mol. The zero-order valence-electron chi connectivity index (χ0n) is 15.0. The molecule has 0 aromatic heterocycles. The molecule has 26 heavy (non-hydrogen) atoms. The smallest absolute Gasteiger partial charge is 0.410 e. The molecule has 0 bridgehead atoms. The highest BCUT2D eigenvalue weighted by atomic mass is 16.6. The molecule has 3 amide bonds. The van der Waals surface area contributed by atoms with Crippen LogP contribution in [0.3, 0.4) is 0 Å². The minimum atomic E-state index is -0.395. The minimum Gasteiger partial charge on any atom is -0.445 e. The summed E-state index contributed by atoms with van der Waals surface area (Å²) < 4.78 is 5.48. The van der Waals surface area contributed by atoms with Crippen LogP contribution in [0.25, 0.3) is 0 Å². The van der Waals surface area contributed by atoms with E-state index in [-0.39, 0.29) is 42.3 Å². The first-order chi connectivity index (χ1) is 12.6. The van der Waals surface area contributed by atoms with E-state index >= 15 is 0 Å². The number of carbonyl (C=O) groups excluding carboxylic acids is 3. The Morgan fingerprint density at radius 3 is 2.54 bits per heavy atom. The van der Waals surface area contributed by atoms with Crippen LogP contribution in [0.5, 0.6) is 0 Å². The van der Waals surface area contributed by atoms with Gasteiger partial charge in [-0.1, -0.05) is 37.3 Å². The molecule has 1 aromatic carbocycles. The van der Waals surface area contributed by atoms with Gasteiger partial charge in [0.15, 0.2) is 0 Å². The second kappa shape index (κ2) is 6.74. The van der Waals surface area contributed by atoms with Crippen LogP contribution in [0.4, 0.5) is 4.79 Å². The third kappa shape index (κ3) is 2.87. The lowest BCUT2D eigenvalue weighted by atomic mass is 9.96. The Bertz CT molecular complexity index is 716. The predicted molar refractivity (Wildman–Crippen MR) is 93.9 cm³/mol. The second-order valence-electron chi connectivity index (χ2n) is 7.42. The van der Waals surface area contributed by atoms with Gasteiger partial charge in [0, 0.05) is 12.5 Å². The van der Waals surface area contributed by atoms with E-state index in [9.17, 15) is 14.4 Å². The number of hydrogen-bond donors (Lipinski definition) is 0. The molecule has 0 radical (unpaired) electrons. The highest BCUT2D eigenvalue weighted by molar-refractivity contribution is 6.01. The molecule has 0 unspecified atom stereocenters.